The van der Waals surface area contributed by atoms with Gasteiger partial charge in [-0.15, -0.1) is 0 Å². The number of likely N-dealkylation sites (N-methyl/N-ethyl adjacent to an activating group) is 2. The molecule has 0 heterocycles. The highest BCUT2D eigenvalue weighted by molar-refractivity contribution is 5.23. The van der Waals surface area contributed by atoms with Crippen molar-refractivity contribution >= 4 is 0 Å². The van der Waals surface area contributed by atoms with E-state index in [0.29, 0.717) is 0 Å². The number of nitrogens with zero attached hydrogens (tertiary/aromatic N) is 2. The Labute approximate surface area is 101 Å². The van der Waals surface area contributed by atoms with Crippen LogP contribution in [0, 0.1) is 0 Å². The van der Waals surface area contributed by atoms with Gasteiger partial charge in [-0.05, 0) is 26.6 Å². The zero-order chi connectivity index (χ0) is 12.6. The monoisotopic (exact) mass is 222 g/mol. The van der Waals surface area contributed by atoms with Crippen LogP contribution in [0.25, 0.3) is 0 Å². The first-order chi connectivity index (χ1) is 7.47. The maximum atomic E-state index is 4.04. The minimum atomic E-state index is 0.996. The number of rotatable bonds is 8. The summed E-state index contributed by atoms with van der Waals surface area (Å²) in [5.41, 5.74) is 2.21. The normalized spacial score (nSPS) is 11.1. The van der Waals surface area contributed by atoms with Crippen LogP contribution in [0.3, 0.4) is 0 Å². The summed E-state index contributed by atoms with van der Waals surface area (Å²) in [4.78, 5) is 4.33. The van der Waals surface area contributed by atoms with Gasteiger partial charge >= 0.3 is 0 Å². The van der Waals surface area contributed by atoms with Gasteiger partial charge in [0.25, 0.3) is 0 Å². The standard InChI is InChI=1S/C14H26N2/c1-7-8-13(2)9-10-14(3)16(6)12-11-15(4)5/h9-10H,2-3,7-8,11-12H2,1,4-6H3/b10-9-. The average Bonchev–Trinajstić information content (AvgIpc) is 2.22. The molecule has 0 N–H and O–H groups in total. The molecule has 2 nitrogen and oxygen atoms in total. The second kappa shape index (κ2) is 8.17. The van der Waals surface area contributed by atoms with E-state index in [2.05, 4.69) is 57.1 Å². The van der Waals surface area contributed by atoms with E-state index in [1.165, 1.54) is 5.57 Å². The molecular weight excluding hydrogens is 196 g/mol. The Morgan fingerprint density at radius 1 is 1.06 bits per heavy atom. The molecule has 0 atom stereocenters. The molecule has 16 heavy (non-hydrogen) atoms. The highest BCUT2D eigenvalue weighted by Gasteiger charge is 1.99. The van der Waals surface area contributed by atoms with Crippen LogP contribution >= 0.6 is 0 Å². The third-order valence-electron chi connectivity index (χ3n) is 2.46. The quantitative estimate of drug-likeness (QED) is 0.583. The van der Waals surface area contributed by atoms with Gasteiger partial charge in [0.05, 0.1) is 0 Å². The lowest BCUT2D eigenvalue weighted by Gasteiger charge is -2.21. The highest BCUT2D eigenvalue weighted by Crippen LogP contribution is 2.07. The largest absolute Gasteiger partial charge is 0.374 e. The summed E-state index contributed by atoms with van der Waals surface area (Å²) < 4.78 is 0. The molecule has 0 rings (SSSR count). The van der Waals surface area contributed by atoms with Crippen LogP contribution in [0.5, 0.6) is 0 Å². The van der Waals surface area contributed by atoms with Gasteiger partial charge in [-0.2, -0.15) is 0 Å². The molecule has 0 aromatic heterocycles. The Morgan fingerprint density at radius 2 is 1.69 bits per heavy atom. The molecule has 0 unspecified atom stereocenters. The summed E-state index contributed by atoms with van der Waals surface area (Å²) in [7, 11) is 6.23. The van der Waals surface area contributed by atoms with Gasteiger partial charge in [0.15, 0.2) is 0 Å². The molecule has 0 saturated heterocycles. The van der Waals surface area contributed by atoms with Crippen molar-refractivity contribution in [2.75, 3.05) is 34.2 Å². The lowest BCUT2D eigenvalue weighted by Crippen LogP contribution is -2.27. The van der Waals surface area contributed by atoms with Crippen molar-refractivity contribution in [3.8, 4) is 0 Å². The molecule has 0 bridgehead atoms. The molecule has 0 radical (unpaired) electrons. The van der Waals surface area contributed by atoms with Gasteiger partial charge < -0.3 is 9.80 Å². The minimum absolute atomic E-state index is 0.996. The molecule has 0 aromatic rings. The van der Waals surface area contributed by atoms with E-state index in [9.17, 15) is 0 Å². The first kappa shape index (κ1) is 15.0. The minimum Gasteiger partial charge on any atom is -0.374 e. The topological polar surface area (TPSA) is 6.48 Å². The van der Waals surface area contributed by atoms with Crippen LogP contribution in [-0.2, 0) is 0 Å². The van der Waals surface area contributed by atoms with Gasteiger partial charge in [0.2, 0.25) is 0 Å². The van der Waals surface area contributed by atoms with Crippen LogP contribution in [0.15, 0.2) is 36.6 Å². The molecule has 0 saturated carbocycles. The molecule has 0 spiro atoms. The van der Waals surface area contributed by atoms with Crippen molar-refractivity contribution in [1.82, 2.24) is 9.80 Å². The molecule has 0 amide bonds. The second-order valence-corrected chi connectivity index (χ2v) is 4.46. The summed E-state index contributed by atoms with van der Waals surface area (Å²) in [6, 6.07) is 0. The van der Waals surface area contributed by atoms with Gasteiger partial charge in [0, 0.05) is 25.8 Å². The lowest BCUT2D eigenvalue weighted by molar-refractivity contribution is 0.331. The van der Waals surface area contributed by atoms with Gasteiger partial charge in [-0.25, -0.2) is 0 Å². The van der Waals surface area contributed by atoms with Crippen molar-refractivity contribution in [3.05, 3.63) is 36.6 Å². The fourth-order valence-electron chi connectivity index (χ4n) is 1.24. The molecule has 0 aliphatic heterocycles. The molecular formula is C14H26N2. The number of hydrogen-bond acceptors (Lipinski definition) is 2. The fourth-order valence-corrected chi connectivity index (χ4v) is 1.24. The maximum absolute atomic E-state index is 4.04. The van der Waals surface area contributed by atoms with Crippen molar-refractivity contribution in [3.63, 3.8) is 0 Å². The van der Waals surface area contributed by atoms with E-state index in [1.54, 1.807) is 0 Å². The van der Waals surface area contributed by atoms with Crippen LogP contribution in [-0.4, -0.2) is 44.0 Å². The molecule has 0 aliphatic rings. The summed E-state index contributed by atoms with van der Waals surface area (Å²) in [6.07, 6.45) is 6.32. The van der Waals surface area contributed by atoms with Crippen LogP contribution in [0.1, 0.15) is 19.8 Å². The third kappa shape index (κ3) is 7.30. The van der Waals surface area contributed by atoms with Crippen molar-refractivity contribution in [1.29, 1.82) is 0 Å². The van der Waals surface area contributed by atoms with Gasteiger partial charge in [0.1, 0.15) is 0 Å². The van der Waals surface area contributed by atoms with E-state index in [0.717, 1.165) is 31.6 Å². The smallest absolute Gasteiger partial charge is 0.0302 e. The molecule has 0 aliphatic carbocycles. The van der Waals surface area contributed by atoms with Crippen LogP contribution in [0.2, 0.25) is 0 Å². The first-order valence-corrected chi connectivity index (χ1v) is 5.88. The Bertz CT molecular complexity index is 251. The van der Waals surface area contributed by atoms with Crippen molar-refractivity contribution < 1.29 is 0 Å². The second-order valence-electron chi connectivity index (χ2n) is 4.46. The van der Waals surface area contributed by atoms with Crippen molar-refractivity contribution in [2.24, 2.45) is 0 Å². The Balaban J connectivity index is 3.99. The van der Waals surface area contributed by atoms with Gasteiger partial charge in [-0.1, -0.05) is 38.2 Å². The predicted octanol–water partition coefficient (Wildman–Crippen LogP) is 2.91. The zero-order valence-corrected chi connectivity index (χ0v) is 11.3. The lowest BCUT2D eigenvalue weighted by atomic mass is 10.1. The summed E-state index contributed by atoms with van der Waals surface area (Å²) in [5, 5.41) is 0. The number of allylic oxidation sites excluding steroid dienone is 3. The van der Waals surface area contributed by atoms with Crippen molar-refractivity contribution in [2.45, 2.75) is 19.8 Å². The zero-order valence-electron chi connectivity index (χ0n) is 11.3. The first-order valence-electron chi connectivity index (χ1n) is 5.88. The fraction of sp³-hybridized carbons (Fsp3) is 0.571. The van der Waals surface area contributed by atoms with E-state index in [-0.39, 0.29) is 0 Å². The van der Waals surface area contributed by atoms with Crippen LogP contribution in [0.4, 0.5) is 0 Å². The molecule has 2 heteroatoms. The van der Waals surface area contributed by atoms with E-state index >= 15 is 0 Å². The van der Waals surface area contributed by atoms with E-state index in [4.69, 9.17) is 0 Å². The van der Waals surface area contributed by atoms with E-state index < -0.39 is 0 Å². The molecule has 0 fully saturated rings. The molecule has 92 valence electrons. The Hall–Kier alpha value is -1.02. The maximum Gasteiger partial charge on any atom is 0.0302 e. The molecule has 0 aromatic carbocycles. The summed E-state index contributed by atoms with van der Waals surface area (Å²) in [6.45, 7) is 12.2. The predicted molar refractivity (Wildman–Crippen MR) is 73.5 cm³/mol. The van der Waals surface area contributed by atoms with Gasteiger partial charge in [-0.3, -0.25) is 0 Å². The van der Waals surface area contributed by atoms with E-state index in [1.807, 2.05) is 6.08 Å². The Morgan fingerprint density at radius 3 is 2.19 bits per heavy atom. The SMILES string of the molecule is C=C(/C=C\C(=C)N(C)CCN(C)C)CCC. The Kier molecular flexibility index (Phi) is 7.65. The highest BCUT2D eigenvalue weighted by atomic mass is 15.2. The summed E-state index contributed by atoms with van der Waals surface area (Å²) >= 11 is 0. The summed E-state index contributed by atoms with van der Waals surface area (Å²) in [5.74, 6) is 0. The number of hydrogen-bond donors (Lipinski definition) is 0. The van der Waals surface area contributed by atoms with Crippen LogP contribution < -0.4 is 0 Å². The third-order valence-corrected chi connectivity index (χ3v) is 2.46. The average molecular weight is 222 g/mol.